The fraction of sp³-hybridized carbons (Fsp3) is 1.00. The van der Waals surface area contributed by atoms with Crippen molar-refractivity contribution < 1.29 is 27.5 Å². The summed E-state index contributed by atoms with van der Waals surface area (Å²) in [4.78, 5) is 0. The van der Waals surface area contributed by atoms with Gasteiger partial charge >= 0.3 is 8.80 Å². The lowest BCUT2D eigenvalue weighted by Gasteiger charge is -2.35. The van der Waals surface area contributed by atoms with E-state index in [0.717, 1.165) is 51.5 Å². The lowest BCUT2D eigenvalue weighted by molar-refractivity contribution is 0.00886. The smallest absolute Gasteiger partial charge is 0.379 e. The molecule has 3 aliphatic rings. The van der Waals surface area contributed by atoms with Crippen LogP contribution in [0.2, 0.25) is 6.04 Å². The van der Waals surface area contributed by atoms with Crippen LogP contribution >= 0.6 is 0 Å². The van der Waals surface area contributed by atoms with Crippen LogP contribution in [0.3, 0.4) is 0 Å². The third kappa shape index (κ3) is 5.00. The molecule has 0 aromatic heterocycles. The van der Waals surface area contributed by atoms with Gasteiger partial charge in [0, 0.05) is 26.9 Å². The summed E-state index contributed by atoms with van der Waals surface area (Å²) in [6.07, 6.45) is 6.88. The molecule has 0 bridgehead atoms. The zero-order valence-corrected chi connectivity index (χ0v) is 16.2. The van der Waals surface area contributed by atoms with Crippen molar-refractivity contribution in [2.75, 3.05) is 34.0 Å². The van der Waals surface area contributed by atoms with Gasteiger partial charge in [-0.1, -0.05) is 6.92 Å². The van der Waals surface area contributed by atoms with Crippen LogP contribution in [0.25, 0.3) is 0 Å². The number of ether oxygens (including phenoxy) is 3. The van der Waals surface area contributed by atoms with Gasteiger partial charge in [0.15, 0.2) is 0 Å². The molecule has 2 aliphatic heterocycles. The first-order valence-electron chi connectivity index (χ1n) is 9.32. The highest BCUT2D eigenvalue weighted by Crippen LogP contribution is 2.42. The van der Waals surface area contributed by atoms with Gasteiger partial charge in [-0.05, 0) is 38.0 Å². The van der Waals surface area contributed by atoms with Crippen molar-refractivity contribution in [2.45, 2.75) is 69.5 Å². The topological polar surface area (TPSA) is 62.0 Å². The highest BCUT2D eigenvalue weighted by atomic mass is 28.4. The Hall–Kier alpha value is -0.0231. The minimum absolute atomic E-state index is 0.169. The van der Waals surface area contributed by atoms with Gasteiger partial charge in [-0.15, -0.1) is 0 Å². The molecule has 0 aromatic carbocycles. The van der Waals surface area contributed by atoms with E-state index in [1.54, 1.807) is 14.2 Å². The van der Waals surface area contributed by atoms with Crippen LogP contribution in [0.1, 0.15) is 39.0 Å². The van der Waals surface area contributed by atoms with Crippen LogP contribution < -0.4 is 0 Å². The van der Waals surface area contributed by atoms with E-state index in [-0.39, 0.29) is 6.10 Å². The molecule has 0 amide bonds. The van der Waals surface area contributed by atoms with Gasteiger partial charge in [-0.25, -0.2) is 0 Å². The Labute approximate surface area is 146 Å². The molecule has 6 nitrogen and oxygen atoms in total. The van der Waals surface area contributed by atoms with Crippen LogP contribution in [-0.2, 0) is 27.5 Å². The van der Waals surface area contributed by atoms with E-state index in [2.05, 4.69) is 6.92 Å². The highest BCUT2D eigenvalue weighted by molar-refractivity contribution is 6.60. The molecule has 5 atom stereocenters. The SMILES string of the molecule is CC[Si](OC)(OC)OC(CCCOCC1CO1)C1CCC2OC2C1. The minimum Gasteiger partial charge on any atom is -0.379 e. The molecule has 2 saturated heterocycles. The molecular weight excluding hydrogens is 328 g/mol. The first kappa shape index (κ1) is 18.8. The average molecular weight is 361 g/mol. The Morgan fingerprint density at radius 2 is 1.96 bits per heavy atom. The monoisotopic (exact) mass is 360 g/mol. The Kier molecular flexibility index (Phi) is 6.70. The van der Waals surface area contributed by atoms with Gasteiger partial charge in [-0.3, -0.25) is 0 Å². The molecule has 1 aliphatic carbocycles. The fourth-order valence-electron chi connectivity index (χ4n) is 3.71. The molecule has 5 unspecified atom stereocenters. The van der Waals surface area contributed by atoms with E-state index in [0.29, 0.717) is 24.2 Å². The van der Waals surface area contributed by atoms with E-state index < -0.39 is 8.80 Å². The highest BCUT2D eigenvalue weighted by Gasteiger charge is 2.48. The summed E-state index contributed by atoms with van der Waals surface area (Å²) < 4.78 is 34.4. The molecular formula is C17H32O6Si. The molecule has 3 rings (SSSR count). The fourth-order valence-corrected chi connectivity index (χ4v) is 5.59. The number of epoxide rings is 2. The number of hydrogen-bond acceptors (Lipinski definition) is 6. The van der Waals surface area contributed by atoms with Crippen molar-refractivity contribution in [3.63, 3.8) is 0 Å². The maximum absolute atomic E-state index is 6.49. The summed E-state index contributed by atoms with van der Waals surface area (Å²) in [5.74, 6) is 0.532. The molecule has 0 aromatic rings. The van der Waals surface area contributed by atoms with Crippen molar-refractivity contribution >= 4 is 8.80 Å². The summed E-state index contributed by atoms with van der Waals surface area (Å²) in [5, 5.41) is 0. The van der Waals surface area contributed by atoms with Gasteiger partial charge in [-0.2, -0.15) is 0 Å². The molecule has 0 radical (unpaired) electrons. The standard InChI is InChI=1S/C17H32O6Si/c1-4-24(18-2,19-3)23-15(6-5-9-20-11-14-12-21-14)13-7-8-16-17(10-13)22-16/h13-17H,4-12H2,1-3H3. The Morgan fingerprint density at radius 1 is 1.17 bits per heavy atom. The Morgan fingerprint density at radius 3 is 2.58 bits per heavy atom. The second kappa shape index (κ2) is 8.57. The normalized spacial score (nSPS) is 33.1. The zero-order valence-electron chi connectivity index (χ0n) is 15.2. The Balaban J connectivity index is 1.50. The third-order valence-corrected chi connectivity index (χ3v) is 8.21. The number of hydrogen-bond donors (Lipinski definition) is 0. The van der Waals surface area contributed by atoms with Gasteiger partial charge in [0.2, 0.25) is 0 Å². The van der Waals surface area contributed by atoms with Crippen LogP contribution in [0.5, 0.6) is 0 Å². The lowest BCUT2D eigenvalue weighted by atomic mass is 9.84. The van der Waals surface area contributed by atoms with Crippen molar-refractivity contribution in [2.24, 2.45) is 5.92 Å². The van der Waals surface area contributed by atoms with E-state index in [9.17, 15) is 0 Å². The van der Waals surface area contributed by atoms with Crippen LogP contribution in [0.15, 0.2) is 0 Å². The summed E-state index contributed by atoms with van der Waals surface area (Å²) >= 11 is 0. The average Bonchev–Trinajstić information content (AvgIpc) is 3.52. The van der Waals surface area contributed by atoms with Crippen molar-refractivity contribution in [1.82, 2.24) is 0 Å². The molecule has 2 heterocycles. The van der Waals surface area contributed by atoms with Crippen LogP contribution in [0.4, 0.5) is 0 Å². The van der Waals surface area contributed by atoms with Crippen molar-refractivity contribution in [3.05, 3.63) is 0 Å². The Bertz CT molecular complexity index is 379. The molecule has 0 N–H and O–H groups in total. The third-order valence-electron chi connectivity index (χ3n) is 5.44. The van der Waals surface area contributed by atoms with E-state index >= 15 is 0 Å². The van der Waals surface area contributed by atoms with Gasteiger partial charge in [0.25, 0.3) is 0 Å². The first-order valence-corrected chi connectivity index (χ1v) is 11.3. The number of rotatable bonds is 12. The van der Waals surface area contributed by atoms with Crippen molar-refractivity contribution in [3.8, 4) is 0 Å². The summed E-state index contributed by atoms with van der Waals surface area (Å²) in [7, 11) is 0.858. The first-order chi connectivity index (χ1) is 11.7. The molecule has 24 heavy (non-hydrogen) atoms. The van der Waals surface area contributed by atoms with E-state index in [4.69, 9.17) is 27.5 Å². The van der Waals surface area contributed by atoms with Gasteiger partial charge in [0.1, 0.15) is 6.10 Å². The summed E-state index contributed by atoms with van der Waals surface area (Å²) in [5.41, 5.74) is 0. The minimum atomic E-state index is -2.55. The quantitative estimate of drug-likeness (QED) is 0.302. The van der Waals surface area contributed by atoms with Crippen LogP contribution in [0, 0.1) is 5.92 Å². The maximum atomic E-state index is 6.49. The second-order valence-electron chi connectivity index (χ2n) is 7.06. The zero-order chi connectivity index (χ0) is 17.0. The molecule has 7 heteroatoms. The summed E-state index contributed by atoms with van der Waals surface area (Å²) in [6.45, 7) is 4.41. The predicted octanol–water partition coefficient (Wildman–Crippen LogP) is 2.39. The predicted molar refractivity (Wildman–Crippen MR) is 90.9 cm³/mol. The van der Waals surface area contributed by atoms with E-state index in [1.807, 2.05) is 0 Å². The van der Waals surface area contributed by atoms with Crippen LogP contribution in [-0.4, -0.2) is 67.3 Å². The van der Waals surface area contributed by atoms with E-state index in [1.165, 1.54) is 6.42 Å². The summed E-state index contributed by atoms with van der Waals surface area (Å²) in [6, 6.07) is 0.793. The second-order valence-corrected chi connectivity index (χ2v) is 10.2. The number of fused-ring (bicyclic) bond motifs is 1. The molecule has 140 valence electrons. The maximum Gasteiger partial charge on any atom is 0.500 e. The van der Waals surface area contributed by atoms with Gasteiger partial charge in [0.05, 0.1) is 31.5 Å². The molecule has 3 fully saturated rings. The molecule has 1 saturated carbocycles. The molecule has 0 spiro atoms. The van der Waals surface area contributed by atoms with Crippen molar-refractivity contribution in [1.29, 1.82) is 0 Å². The van der Waals surface area contributed by atoms with Gasteiger partial charge < -0.3 is 27.5 Å². The largest absolute Gasteiger partial charge is 0.500 e. The lowest BCUT2D eigenvalue weighted by Crippen LogP contribution is -2.48.